The fourth-order valence-corrected chi connectivity index (χ4v) is 4.43. The molecule has 3 amide bonds. The second-order valence-corrected chi connectivity index (χ2v) is 8.18. The van der Waals surface area contributed by atoms with Gasteiger partial charge in [-0.25, -0.2) is 4.79 Å². The number of carbonyl (C=O) groups is 3. The van der Waals surface area contributed by atoms with Gasteiger partial charge in [-0.2, -0.15) is 0 Å². The first kappa shape index (κ1) is 19.4. The predicted octanol–water partition coefficient (Wildman–Crippen LogP) is 2.55. The number of thiophene rings is 1. The zero-order valence-corrected chi connectivity index (χ0v) is 16.8. The minimum atomic E-state index is -0.402. The largest absolute Gasteiger partial charge is 0.447 e. The van der Waals surface area contributed by atoms with Gasteiger partial charge >= 0.3 is 6.09 Å². The van der Waals surface area contributed by atoms with Crippen molar-refractivity contribution in [2.75, 3.05) is 24.6 Å². The molecule has 1 unspecified atom stereocenters. The van der Waals surface area contributed by atoms with Crippen LogP contribution in [0.4, 0.5) is 10.5 Å². The first-order valence-corrected chi connectivity index (χ1v) is 10.6. The Labute approximate surface area is 173 Å². The van der Waals surface area contributed by atoms with Crippen LogP contribution in [0, 0.1) is 0 Å². The molecular weight excluding hydrogens is 390 g/mol. The first-order chi connectivity index (χ1) is 14.1. The van der Waals surface area contributed by atoms with Crippen molar-refractivity contribution in [3.8, 4) is 0 Å². The van der Waals surface area contributed by atoms with Crippen molar-refractivity contribution in [3.05, 3.63) is 52.2 Å². The third-order valence-corrected chi connectivity index (χ3v) is 6.13. The summed E-state index contributed by atoms with van der Waals surface area (Å²) in [7, 11) is 0. The smallest absolute Gasteiger partial charge is 0.414 e. The zero-order valence-electron chi connectivity index (χ0n) is 16.0. The van der Waals surface area contributed by atoms with E-state index in [0.717, 1.165) is 22.5 Å². The highest BCUT2D eigenvalue weighted by Gasteiger charge is 2.33. The van der Waals surface area contributed by atoms with Crippen molar-refractivity contribution in [1.82, 2.24) is 10.2 Å². The van der Waals surface area contributed by atoms with Gasteiger partial charge in [0.25, 0.3) is 0 Å². The molecule has 2 fully saturated rings. The predicted molar refractivity (Wildman–Crippen MR) is 110 cm³/mol. The van der Waals surface area contributed by atoms with Crippen LogP contribution in [0.25, 0.3) is 0 Å². The van der Waals surface area contributed by atoms with E-state index in [1.54, 1.807) is 21.1 Å². The molecule has 2 saturated heterocycles. The Morgan fingerprint density at radius 3 is 2.69 bits per heavy atom. The van der Waals surface area contributed by atoms with Crippen molar-refractivity contribution in [2.24, 2.45) is 0 Å². The second-order valence-electron chi connectivity index (χ2n) is 7.15. The number of cyclic esters (lactones) is 1. The molecule has 3 heterocycles. The molecule has 8 heteroatoms. The van der Waals surface area contributed by atoms with E-state index in [2.05, 4.69) is 5.32 Å². The van der Waals surface area contributed by atoms with Gasteiger partial charge in [-0.15, -0.1) is 11.3 Å². The summed E-state index contributed by atoms with van der Waals surface area (Å²) in [5.74, 6) is -0.110. The van der Waals surface area contributed by atoms with Gasteiger partial charge in [0.2, 0.25) is 11.8 Å². The molecule has 2 aliphatic rings. The van der Waals surface area contributed by atoms with E-state index in [1.807, 2.05) is 41.8 Å². The molecule has 0 aliphatic carbocycles. The van der Waals surface area contributed by atoms with E-state index in [4.69, 9.17) is 4.74 Å². The van der Waals surface area contributed by atoms with Crippen LogP contribution in [0.2, 0.25) is 0 Å². The minimum Gasteiger partial charge on any atom is -0.447 e. The molecule has 0 spiro atoms. The number of amides is 3. The number of nitrogens with zero attached hydrogens (tertiary/aromatic N) is 2. The number of benzene rings is 1. The van der Waals surface area contributed by atoms with Gasteiger partial charge in [-0.1, -0.05) is 18.2 Å². The van der Waals surface area contributed by atoms with Crippen LogP contribution in [0.1, 0.15) is 23.3 Å². The maximum Gasteiger partial charge on any atom is 0.414 e. The zero-order chi connectivity index (χ0) is 20.2. The van der Waals surface area contributed by atoms with Gasteiger partial charge in [0, 0.05) is 23.7 Å². The van der Waals surface area contributed by atoms with E-state index in [1.165, 1.54) is 0 Å². The van der Waals surface area contributed by atoms with Crippen LogP contribution in [-0.4, -0.2) is 48.5 Å². The van der Waals surface area contributed by atoms with Gasteiger partial charge < -0.3 is 15.0 Å². The van der Waals surface area contributed by atoms with Gasteiger partial charge in [-0.3, -0.25) is 14.5 Å². The van der Waals surface area contributed by atoms with Crippen molar-refractivity contribution in [1.29, 1.82) is 0 Å². The average molecular weight is 413 g/mol. The molecule has 1 N–H and O–H groups in total. The van der Waals surface area contributed by atoms with Crippen molar-refractivity contribution < 1.29 is 19.1 Å². The van der Waals surface area contributed by atoms with Crippen molar-refractivity contribution in [2.45, 2.75) is 31.8 Å². The highest BCUT2D eigenvalue weighted by molar-refractivity contribution is 7.10. The third-order valence-electron chi connectivity index (χ3n) is 5.26. The van der Waals surface area contributed by atoms with Crippen LogP contribution in [-0.2, 0) is 27.3 Å². The van der Waals surface area contributed by atoms with Gasteiger partial charge in [0.1, 0.15) is 12.6 Å². The van der Waals surface area contributed by atoms with E-state index in [-0.39, 0.29) is 17.9 Å². The third kappa shape index (κ3) is 4.42. The molecule has 7 nitrogen and oxygen atoms in total. The van der Waals surface area contributed by atoms with Gasteiger partial charge in [0.15, 0.2) is 0 Å². The van der Waals surface area contributed by atoms with Crippen LogP contribution >= 0.6 is 11.3 Å². The Morgan fingerprint density at radius 2 is 2.00 bits per heavy atom. The Morgan fingerprint density at radius 1 is 1.17 bits per heavy atom. The summed E-state index contributed by atoms with van der Waals surface area (Å²) in [6.07, 6.45) is 1.55. The topological polar surface area (TPSA) is 79.0 Å². The van der Waals surface area contributed by atoms with Crippen molar-refractivity contribution in [3.63, 3.8) is 0 Å². The molecule has 1 atom stereocenters. The molecule has 2 aliphatic heterocycles. The number of anilines is 1. The lowest BCUT2D eigenvalue weighted by Gasteiger charge is -2.24. The summed E-state index contributed by atoms with van der Waals surface area (Å²) in [4.78, 5) is 41.2. The Bertz CT molecular complexity index is 882. The highest BCUT2D eigenvalue weighted by atomic mass is 32.1. The maximum atomic E-state index is 12.7. The Kier molecular flexibility index (Phi) is 5.80. The Hall–Kier alpha value is -2.87. The average Bonchev–Trinajstić information content (AvgIpc) is 3.48. The fraction of sp³-hybridized carbons (Fsp3) is 0.381. The summed E-state index contributed by atoms with van der Waals surface area (Å²) in [6.45, 7) is 1.96. The number of nitrogens with one attached hydrogen (secondary N) is 1. The second kappa shape index (κ2) is 8.65. The lowest BCUT2D eigenvalue weighted by molar-refractivity contribution is -0.138. The molecule has 0 radical (unpaired) electrons. The number of likely N-dealkylation sites (tertiary alicyclic amines) is 1. The first-order valence-electron chi connectivity index (χ1n) is 9.74. The van der Waals surface area contributed by atoms with Crippen molar-refractivity contribution >= 4 is 34.9 Å². The number of ether oxygens (including phenoxy) is 1. The Balaban J connectivity index is 1.31. The molecule has 1 aromatic heterocycles. The van der Waals surface area contributed by atoms with Crippen LogP contribution in [0.5, 0.6) is 0 Å². The quantitative estimate of drug-likeness (QED) is 0.789. The minimum absolute atomic E-state index is 0.00644. The summed E-state index contributed by atoms with van der Waals surface area (Å²) < 4.78 is 4.95. The van der Waals surface area contributed by atoms with Crippen LogP contribution in [0.3, 0.4) is 0 Å². The van der Waals surface area contributed by atoms with E-state index in [0.29, 0.717) is 39.1 Å². The molecule has 4 rings (SSSR count). The molecule has 0 saturated carbocycles. The molecule has 1 aromatic carbocycles. The van der Waals surface area contributed by atoms with E-state index in [9.17, 15) is 14.4 Å². The monoisotopic (exact) mass is 413 g/mol. The van der Waals surface area contributed by atoms with E-state index < -0.39 is 6.04 Å². The molecular formula is C21H23N3O4S. The van der Waals surface area contributed by atoms with Gasteiger partial charge in [0.05, 0.1) is 13.0 Å². The van der Waals surface area contributed by atoms with Gasteiger partial charge in [-0.05, 0) is 42.0 Å². The lowest BCUT2D eigenvalue weighted by Crippen LogP contribution is -2.46. The van der Waals surface area contributed by atoms with Crippen LogP contribution < -0.4 is 10.2 Å². The number of rotatable bonds is 6. The number of hydrogen-bond acceptors (Lipinski definition) is 5. The summed E-state index contributed by atoms with van der Waals surface area (Å²) >= 11 is 1.56. The van der Waals surface area contributed by atoms with Crippen LogP contribution in [0.15, 0.2) is 41.8 Å². The van der Waals surface area contributed by atoms with E-state index >= 15 is 0 Å². The summed E-state index contributed by atoms with van der Waals surface area (Å²) in [5, 5.41) is 4.90. The molecule has 152 valence electrons. The molecule has 0 bridgehead atoms. The summed E-state index contributed by atoms with van der Waals surface area (Å²) in [6, 6.07) is 10.9. The normalized spacial score (nSPS) is 18.8. The number of hydrogen-bond donors (Lipinski definition) is 1. The SMILES string of the molecule is O=C(NCc1ccc(N2CCOC2=O)cc1)C1CCCN1C(=O)Cc1cccs1. The standard InChI is InChI=1S/C21H23N3O4S/c25-19(13-17-3-2-12-29-17)24-9-1-4-18(24)20(26)22-14-15-5-7-16(8-6-15)23-10-11-28-21(23)27/h2-3,5-8,12,18H,1,4,9-11,13-14H2,(H,22,26). The maximum absolute atomic E-state index is 12.7. The summed E-state index contributed by atoms with van der Waals surface area (Å²) in [5.41, 5.74) is 1.72. The fourth-order valence-electron chi connectivity index (χ4n) is 3.73. The highest BCUT2D eigenvalue weighted by Crippen LogP contribution is 2.21. The number of carbonyl (C=O) groups excluding carboxylic acids is 3. The molecule has 2 aromatic rings. The lowest BCUT2D eigenvalue weighted by atomic mass is 10.1. The molecule has 29 heavy (non-hydrogen) atoms.